The summed E-state index contributed by atoms with van der Waals surface area (Å²) in [6.07, 6.45) is -24.1. The number of amides is 4. The van der Waals surface area contributed by atoms with Crippen molar-refractivity contribution in [3.8, 4) is 0 Å². The third-order valence-electron chi connectivity index (χ3n) is 25.1. The fourth-order valence-corrected chi connectivity index (χ4v) is 17.6. The zero-order valence-corrected chi connectivity index (χ0v) is 76.4. The lowest BCUT2D eigenvalue weighted by atomic mass is 9.87. The highest BCUT2D eigenvalue weighted by molar-refractivity contribution is 5.78. The van der Waals surface area contributed by atoms with Crippen LogP contribution in [0.4, 0.5) is 0 Å². The summed E-state index contributed by atoms with van der Waals surface area (Å²) in [6, 6.07) is -6.91. The molecule has 43 nitrogen and oxygen atoms in total. The number of unbranched alkanes of at least 4 members (excludes halogenated alkanes) is 29. The molecule has 6 aliphatic rings. The monoisotopic (exact) mass is 1890 g/mol. The number of nitrogens with one attached hydrogen (secondary N) is 4. The van der Waals surface area contributed by atoms with E-state index in [1.165, 1.54) is 128 Å². The summed E-state index contributed by atoms with van der Waals surface area (Å²) in [7, 11) is 0. The molecule has 131 heavy (non-hydrogen) atoms. The van der Waals surface area contributed by atoms with Gasteiger partial charge >= 0.3 is 11.9 Å². The topological polar surface area (TPSA) is 686 Å². The molecule has 0 aromatic carbocycles. The van der Waals surface area contributed by atoms with E-state index >= 15 is 0 Å². The fourth-order valence-electron chi connectivity index (χ4n) is 17.6. The number of aliphatic hydroxyl groups is 19. The molecular weight excluding hydrogens is 1740 g/mol. The highest BCUT2D eigenvalue weighted by Gasteiger charge is 2.64. The summed E-state index contributed by atoms with van der Waals surface area (Å²) in [5, 5.41) is 247. The Kier molecular flexibility index (Phi) is 52.3. The van der Waals surface area contributed by atoms with Gasteiger partial charge in [0.05, 0.1) is 82.7 Å². The van der Waals surface area contributed by atoms with E-state index in [0.717, 1.165) is 78.6 Å². The second kappa shape index (κ2) is 59.6. The van der Waals surface area contributed by atoms with E-state index in [-0.39, 0.29) is 12.3 Å². The number of aliphatic hydroxyl groups excluding tert-OH is 19. The summed E-state index contributed by atoms with van der Waals surface area (Å²) >= 11 is 0. The van der Waals surface area contributed by atoms with Crippen LogP contribution in [-0.2, 0) is 85.6 Å². The first-order valence-corrected chi connectivity index (χ1v) is 47.2. The van der Waals surface area contributed by atoms with Crippen LogP contribution < -0.4 is 21.3 Å². The fraction of sp³-hybridized carbons (Fsp3) is 0.909. The molecule has 6 rings (SSSR count). The maximum absolute atomic E-state index is 13.8. The van der Waals surface area contributed by atoms with E-state index in [2.05, 4.69) is 35.1 Å². The van der Waals surface area contributed by atoms with Gasteiger partial charge < -0.3 is 185 Å². The van der Waals surface area contributed by atoms with Gasteiger partial charge in [0.25, 0.3) is 11.6 Å². The van der Waals surface area contributed by atoms with E-state index in [9.17, 15) is 136 Å². The van der Waals surface area contributed by atoms with Gasteiger partial charge in [0.1, 0.15) is 134 Å². The number of rotatable bonds is 63. The Morgan fingerprint density at radius 2 is 0.794 bits per heavy atom. The lowest BCUT2D eigenvalue weighted by Gasteiger charge is -2.52. The van der Waals surface area contributed by atoms with Crippen LogP contribution in [0, 0.1) is 0 Å². The SMILES string of the molecule is CCCCCCCCCCCCC/C=C/[C@@H](O)[C@H](CO[C@@H]1OC(CO)[C@@H](O[C@@H]2OC(CO)[C@H](O)[C@H](O[C@@H]3OC(CO)[C@@H](O)[C@H](O[C@@H]4OC(CO)[C@H](O)[C@H](O[C@]5(C(=O)O)CC(O)[C@@H](NC(C)=O)C([C@H](O)[C@@H](CO)O[C@]6(C(=O)O)CC(O)[C@@H](NC(C)=O)C([C@H](O)[C@H](O)CO)O6)O5)C4O)C3NC(C)=O)C2O)[C@H](O)C1O)NC(=O)CCCCCCCCCCCCCCCCCCCCC. The number of ether oxygens (including phenoxy) is 12. The highest BCUT2D eigenvalue weighted by Crippen LogP contribution is 2.43. The summed E-state index contributed by atoms with van der Waals surface area (Å²) < 4.78 is 70.9. The second-order valence-electron chi connectivity index (χ2n) is 35.7. The van der Waals surface area contributed by atoms with Crippen molar-refractivity contribution in [2.75, 3.05) is 46.2 Å². The molecule has 6 aliphatic heterocycles. The molecule has 0 bridgehead atoms. The number of aliphatic carboxylic acids is 2. The van der Waals surface area contributed by atoms with Gasteiger partial charge in [-0.25, -0.2) is 9.59 Å². The van der Waals surface area contributed by atoms with Crippen molar-refractivity contribution in [1.29, 1.82) is 0 Å². The van der Waals surface area contributed by atoms with Crippen LogP contribution in [0.1, 0.15) is 253 Å². The molecule has 0 aromatic heterocycles. The summed E-state index contributed by atoms with van der Waals surface area (Å²) in [6.45, 7) is -0.563. The smallest absolute Gasteiger partial charge is 0.364 e. The van der Waals surface area contributed by atoms with Gasteiger partial charge in [-0.05, 0) is 19.3 Å². The first-order valence-electron chi connectivity index (χ1n) is 47.2. The second-order valence-corrected chi connectivity index (χ2v) is 35.7. The van der Waals surface area contributed by atoms with E-state index in [4.69, 9.17) is 56.8 Å². The molecule has 0 radical (unpaired) electrons. The Morgan fingerprint density at radius 3 is 1.24 bits per heavy atom. The van der Waals surface area contributed by atoms with Gasteiger partial charge in [-0.15, -0.1) is 0 Å². The Balaban J connectivity index is 1.16. The molecule has 0 aliphatic carbocycles. The highest BCUT2D eigenvalue weighted by atomic mass is 16.8. The van der Waals surface area contributed by atoms with E-state index in [0.29, 0.717) is 12.8 Å². The number of carbonyl (C=O) groups is 6. The van der Waals surface area contributed by atoms with Crippen LogP contribution in [-0.4, -0.2) is 396 Å². The van der Waals surface area contributed by atoms with Crippen molar-refractivity contribution in [2.24, 2.45) is 0 Å². The van der Waals surface area contributed by atoms with Gasteiger partial charge in [0, 0.05) is 40.0 Å². The van der Waals surface area contributed by atoms with Crippen molar-refractivity contribution in [3.05, 3.63) is 12.2 Å². The minimum absolute atomic E-state index is 0.140. The van der Waals surface area contributed by atoms with Crippen molar-refractivity contribution in [3.63, 3.8) is 0 Å². The molecule has 762 valence electrons. The summed E-state index contributed by atoms with van der Waals surface area (Å²) in [5.74, 6) is -14.6. The van der Waals surface area contributed by atoms with Gasteiger partial charge in [-0.2, -0.15) is 0 Å². The summed E-state index contributed by atoms with van der Waals surface area (Å²) in [4.78, 5) is 79.0. The van der Waals surface area contributed by atoms with Crippen LogP contribution in [0.5, 0.6) is 0 Å². The molecule has 6 saturated heterocycles. The number of hydrogen-bond acceptors (Lipinski definition) is 37. The van der Waals surface area contributed by atoms with Crippen LogP contribution >= 0.6 is 0 Å². The zero-order valence-electron chi connectivity index (χ0n) is 76.4. The molecule has 6 heterocycles. The van der Waals surface area contributed by atoms with Crippen molar-refractivity contribution >= 4 is 35.6 Å². The number of carbonyl (C=O) groups excluding carboxylic acids is 4. The van der Waals surface area contributed by atoms with Gasteiger partial charge in [-0.1, -0.05) is 206 Å². The predicted octanol–water partition coefficient (Wildman–Crippen LogP) is -2.31. The molecule has 12 unspecified atom stereocenters. The third-order valence-corrected chi connectivity index (χ3v) is 25.1. The number of allylic oxidation sites excluding steroid dienone is 1. The number of hydrogen-bond donors (Lipinski definition) is 25. The standard InChI is InChI=1S/C88H156N4O39/c1-6-8-10-12-14-16-18-20-21-22-23-24-25-27-29-31-33-35-37-39-62(106)92-52(53(102)38-36-34-32-30-28-26-19-17-15-13-11-9-7-2)48-120-82-72(113)71(112)75(61(47-98)124-82)125-83-73(114)79(68(109)58(44-95)122-83)127-81-65(91-51(5)101)76(67(108)57(43-94)121-81)126-84-74(115)80(69(110)59(45-96)123-84)131-88(86(118)119)41-55(104)64(90-50(4)100)78(130-88)70(111)60(46-97)128-87(85(116)117)40-54(103)63(89-49(3)99)77(129-87)66(107)56(105)42-93/h36,38,52-61,63-84,93-98,102-105,107-115H,6-35,37,39-48H2,1-5H3,(H,89,99)(H,90,100)(H,91,101)(H,92,106)(H,116,117)(H,118,119)/b38-36+/t52-,53+,54?,55?,56+,57?,58?,59?,60+,61?,63+,64+,65?,66+,67+,68-,69-,70+,71+,72?,73?,74?,75+,76+,77?,78?,79-,80-,81-,82+,83-,84-,87+,88-/m0/s1. The molecule has 0 aromatic rings. The van der Waals surface area contributed by atoms with E-state index in [1.807, 2.05) is 6.08 Å². The molecule has 0 saturated carbocycles. The number of carboxylic acids is 2. The molecular formula is C88H156N4O39. The van der Waals surface area contributed by atoms with Gasteiger partial charge in [0.2, 0.25) is 23.6 Å². The normalized spacial score (nSPS) is 34.4. The van der Waals surface area contributed by atoms with Crippen LogP contribution in [0.15, 0.2) is 12.2 Å². The number of carboxylic acid groups (broad SMARTS) is 2. The van der Waals surface area contributed by atoms with Crippen LogP contribution in [0.25, 0.3) is 0 Å². The molecule has 6 fully saturated rings. The van der Waals surface area contributed by atoms with Crippen LogP contribution in [0.3, 0.4) is 0 Å². The molecule has 25 N–H and O–H groups in total. The lowest BCUT2D eigenvalue weighted by molar-refractivity contribution is -0.390. The molecule has 0 spiro atoms. The maximum atomic E-state index is 13.8. The Hall–Kier alpha value is -4.68. The quantitative estimate of drug-likeness (QED) is 0.0225. The van der Waals surface area contributed by atoms with Crippen molar-refractivity contribution < 1.29 is 193 Å². The minimum atomic E-state index is -3.53. The average molecular weight is 1890 g/mol. The predicted molar refractivity (Wildman–Crippen MR) is 458 cm³/mol. The minimum Gasteiger partial charge on any atom is -0.477 e. The van der Waals surface area contributed by atoms with Crippen LogP contribution in [0.2, 0.25) is 0 Å². The maximum Gasteiger partial charge on any atom is 0.364 e. The zero-order chi connectivity index (χ0) is 96.7. The van der Waals surface area contributed by atoms with Gasteiger partial charge in [-0.3, -0.25) is 19.2 Å². The van der Waals surface area contributed by atoms with Crippen molar-refractivity contribution in [2.45, 2.75) is 460 Å². The summed E-state index contributed by atoms with van der Waals surface area (Å²) in [5.41, 5.74) is 0. The molecule has 43 heteroatoms. The Morgan fingerprint density at radius 1 is 0.412 bits per heavy atom. The van der Waals surface area contributed by atoms with Crippen molar-refractivity contribution in [1.82, 2.24) is 21.3 Å². The molecule has 4 amide bonds. The third kappa shape index (κ3) is 34.7. The van der Waals surface area contributed by atoms with E-state index < -0.39 is 296 Å². The lowest BCUT2D eigenvalue weighted by Crippen LogP contribution is -2.72. The van der Waals surface area contributed by atoms with Gasteiger partial charge in [0.15, 0.2) is 25.2 Å². The Bertz CT molecular complexity index is 3280. The first kappa shape index (κ1) is 115. The average Bonchev–Trinajstić information content (AvgIpc) is 0.749. The largest absolute Gasteiger partial charge is 0.477 e. The molecule has 34 atom stereocenters. The Labute approximate surface area is 765 Å². The van der Waals surface area contributed by atoms with E-state index in [1.54, 1.807) is 6.08 Å². The first-order chi connectivity index (χ1) is 62.6.